The highest BCUT2D eigenvalue weighted by atomic mass is 16.5. The number of carbonyl (C=O) groups is 1. The minimum atomic E-state index is -0.197. The van der Waals surface area contributed by atoms with Crippen LogP contribution in [0.4, 0.5) is 5.69 Å². The molecule has 2 rings (SSSR count). The molecule has 0 radical (unpaired) electrons. The third kappa shape index (κ3) is 4.62. The maximum atomic E-state index is 12.0. The fourth-order valence-corrected chi connectivity index (χ4v) is 2.31. The number of carbonyl (C=O) groups excluding carboxylic acids is 1. The van der Waals surface area contributed by atoms with Gasteiger partial charge in [-0.05, 0) is 51.8 Å². The van der Waals surface area contributed by atoms with Crippen molar-refractivity contribution in [3.8, 4) is 0 Å². The zero-order chi connectivity index (χ0) is 14.4. The molecule has 0 spiro atoms. The first kappa shape index (κ1) is 15.0. The molecule has 2 atom stereocenters. The van der Waals surface area contributed by atoms with Gasteiger partial charge < -0.3 is 15.4 Å². The molecule has 1 saturated heterocycles. The fourth-order valence-electron chi connectivity index (χ4n) is 2.31. The largest absolute Gasteiger partial charge is 0.378 e. The molecule has 0 aromatic heterocycles. The summed E-state index contributed by atoms with van der Waals surface area (Å²) < 4.78 is 5.56. The second kappa shape index (κ2) is 7.41. The lowest BCUT2D eigenvalue weighted by Gasteiger charge is -2.15. The van der Waals surface area contributed by atoms with E-state index in [2.05, 4.69) is 10.6 Å². The van der Waals surface area contributed by atoms with Gasteiger partial charge in [-0.2, -0.15) is 0 Å². The van der Waals surface area contributed by atoms with Crippen LogP contribution in [-0.4, -0.2) is 31.2 Å². The van der Waals surface area contributed by atoms with E-state index in [9.17, 15) is 4.79 Å². The van der Waals surface area contributed by atoms with E-state index in [0.29, 0.717) is 6.10 Å². The van der Waals surface area contributed by atoms with Crippen molar-refractivity contribution in [1.82, 2.24) is 5.32 Å². The summed E-state index contributed by atoms with van der Waals surface area (Å²) in [5.74, 6) is 0.00110. The molecule has 0 aliphatic carbocycles. The molecule has 0 saturated carbocycles. The first-order valence-corrected chi connectivity index (χ1v) is 7.37. The number of nitrogens with one attached hydrogen (secondary N) is 2. The molecule has 1 aliphatic heterocycles. The number of hydrogen-bond donors (Lipinski definition) is 2. The molecule has 0 bridgehead atoms. The van der Waals surface area contributed by atoms with Crippen molar-refractivity contribution < 1.29 is 9.53 Å². The highest BCUT2D eigenvalue weighted by Gasteiger charge is 2.17. The minimum absolute atomic E-state index is 0.00110. The Balaban J connectivity index is 1.69. The normalized spacial score (nSPS) is 19.8. The van der Waals surface area contributed by atoms with Crippen molar-refractivity contribution in [2.45, 2.75) is 45.3 Å². The van der Waals surface area contributed by atoms with Gasteiger partial charge in [-0.1, -0.05) is 17.7 Å². The van der Waals surface area contributed by atoms with Crippen LogP contribution in [0.1, 0.15) is 31.7 Å². The van der Waals surface area contributed by atoms with Crippen LogP contribution in [0.5, 0.6) is 0 Å². The van der Waals surface area contributed by atoms with Crippen LogP contribution in [0.25, 0.3) is 0 Å². The summed E-state index contributed by atoms with van der Waals surface area (Å²) in [5, 5.41) is 6.16. The lowest BCUT2D eigenvalue weighted by molar-refractivity contribution is -0.117. The van der Waals surface area contributed by atoms with E-state index in [0.717, 1.165) is 38.1 Å². The molecular weight excluding hydrogens is 252 g/mol. The summed E-state index contributed by atoms with van der Waals surface area (Å²) in [6, 6.07) is 7.63. The lowest BCUT2D eigenvalue weighted by atomic mass is 10.2. The van der Waals surface area contributed by atoms with Gasteiger partial charge in [0.25, 0.3) is 0 Å². The molecule has 1 aliphatic rings. The number of benzene rings is 1. The molecule has 1 aromatic rings. The van der Waals surface area contributed by atoms with Crippen molar-refractivity contribution in [1.29, 1.82) is 0 Å². The molecule has 1 fully saturated rings. The van der Waals surface area contributed by atoms with Crippen LogP contribution in [0.2, 0.25) is 0 Å². The maximum absolute atomic E-state index is 12.0. The van der Waals surface area contributed by atoms with Gasteiger partial charge in [0.2, 0.25) is 5.91 Å². The van der Waals surface area contributed by atoms with Crippen molar-refractivity contribution in [3.05, 3.63) is 29.8 Å². The van der Waals surface area contributed by atoms with Crippen molar-refractivity contribution in [2.24, 2.45) is 0 Å². The Labute approximate surface area is 120 Å². The quantitative estimate of drug-likeness (QED) is 0.839. The maximum Gasteiger partial charge on any atom is 0.241 e. The third-order valence-electron chi connectivity index (χ3n) is 3.65. The number of anilines is 1. The molecule has 4 nitrogen and oxygen atoms in total. The molecule has 110 valence electrons. The molecular formula is C16H24N2O2. The van der Waals surface area contributed by atoms with Crippen molar-refractivity contribution in [3.63, 3.8) is 0 Å². The van der Waals surface area contributed by atoms with Crippen LogP contribution in [0, 0.1) is 6.92 Å². The van der Waals surface area contributed by atoms with Gasteiger partial charge in [0, 0.05) is 12.3 Å². The SMILES string of the molecule is Cc1ccc(NC(=O)C(C)NCCC2CCCO2)cc1. The Hall–Kier alpha value is -1.39. The van der Waals surface area contributed by atoms with E-state index in [1.807, 2.05) is 38.1 Å². The molecule has 4 heteroatoms. The van der Waals surface area contributed by atoms with E-state index in [4.69, 9.17) is 4.74 Å². The molecule has 1 amide bonds. The van der Waals surface area contributed by atoms with Gasteiger partial charge in [-0.25, -0.2) is 0 Å². The van der Waals surface area contributed by atoms with Crippen LogP contribution in [0.3, 0.4) is 0 Å². The van der Waals surface area contributed by atoms with E-state index in [1.54, 1.807) is 0 Å². The van der Waals surface area contributed by atoms with Crippen molar-refractivity contribution >= 4 is 11.6 Å². The lowest BCUT2D eigenvalue weighted by Crippen LogP contribution is -2.39. The molecule has 20 heavy (non-hydrogen) atoms. The van der Waals surface area contributed by atoms with Crippen LogP contribution >= 0.6 is 0 Å². The van der Waals surface area contributed by atoms with E-state index in [1.165, 1.54) is 5.56 Å². The highest BCUT2D eigenvalue weighted by molar-refractivity contribution is 5.94. The van der Waals surface area contributed by atoms with Gasteiger partial charge in [0.05, 0.1) is 12.1 Å². The summed E-state index contributed by atoms with van der Waals surface area (Å²) in [6.07, 6.45) is 3.65. The topological polar surface area (TPSA) is 50.4 Å². The zero-order valence-corrected chi connectivity index (χ0v) is 12.3. The summed E-state index contributed by atoms with van der Waals surface area (Å²) in [7, 11) is 0. The second-order valence-corrected chi connectivity index (χ2v) is 5.45. The van der Waals surface area contributed by atoms with Crippen LogP contribution in [-0.2, 0) is 9.53 Å². The molecule has 2 unspecified atom stereocenters. The third-order valence-corrected chi connectivity index (χ3v) is 3.65. The average Bonchev–Trinajstić information content (AvgIpc) is 2.94. The number of amides is 1. The molecule has 1 aromatic carbocycles. The second-order valence-electron chi connectivity index (χ2n) is 5.45. The Bertz CT molecular complexity index is 425. The number of rotatable bonds is 6. The first-order valence-electron chi connectivity index (χ1n) is 7.37. The van der Waals surface area contributed by atoms with Gasteiger partial charge in [-0.3, -0.25) is 4.79 Å². The van der Waals surface area contributed by atoms with Gasteiger partial charge in [0.1, 0.15) is 0 Å². The summed E-state index contributed by atoms with van der Waals surface area (Å²) in [6.45, 7) is 5.61. The first-order chi connectivity index (χ1) is 9.65. The van der Waals surface area contributed by atoms with Gasteiger partial charge >= 0.3 is 0 Å². The number of ether oxygens (including phenoxy) is 1. The Morgan fingerprint density at radius 2 is 2.15 bits per heavy atom. The van der Waals surface area contributed by atoms with Gasteiger partial charge in [-0.15, -0.1) is 0 Å². The van der Waals surface area contributed by atoms with E-state index in [-0.39, 0.29) is 11.9 Å². The van der Waals surface area contributed by atoms with Gasteiger partial charge in [0.15, 0.2) is 0 Å². The number of aryl methyl sites for hydroxylation is 1. The Kier molecular flexibility index (Phi) is 5.56. The highest BCUT2D eigenvalue weighted by Crippen LogP contribution is 2.14. The van der Waals surface area contributed by atoms with Crippen LogP contribution < -0.4 is 10.6 Å². The standard InChI is InChI=1S/C16H24N2O2/c1-12-5-7-14(8-6-12)18-16(19)13(2)17-10-9-15-4-3-11-20-15/h5-8,13,15,17H,3-4,9-11H2,1-2H3,(H,18,19). The minimum Gasteiger partial charge on any atom is -0.378 e. The smallest absolute Gasteiger partial charge is 0.241 e. The molecule has 2 N–H and O–H groups in total. The Morgan fingerprint density at radius 1 is 1.40 bits per heavy atom. The van der Waals surface area contributed by atoms with Crippen molar-refractivity contribution in [2.75, 3.05) is 18.5 Å². The van der Waals surface area contributed by atoms with Crippen LogP contribution in [0.15, 0.2) is 24.3 Å². The van der Waals surface area contributed by atoms with E-state index < -0.39 is 0 Å². The fraction of sp³-hybridized carbons (Fsp3) is 0.562. The monoisotopic (exact) mass is 276 g/mol. The summed E-state index contributed by atoms with van der Waals surface area (Å²) in [5.41, 5.74) is 2.03. The average molecular weight is 276 g/mol. The van der Waals surface area contributed by atoms with E-state index >= 15 is 0 Å². The zero-order valence-electron chi connectivity index (χ0n) is 12.3. The number of hydrogen-bond acceptors (Lipinski definition) is 3. The molecule has 1 heterocycles. The summed E-state index contributed by atoms with van der Waals surface area (Å²) >= 11 is 0. The Morgan fingerprint density at radius 3 is 2.80 bits per heavy atom. The predicted octanol–water partition coefficient (Wildman–Crippen LogP) is 2.48. The predicted molar refractivity (Wildman–Crippen MR) is 80.9 cm³/mol. The summed E-state index contributed by atoms with van der Waals surface area (Å²) in [4.78, 5) is 12.0.